The summed E-state index contributed by atoms with van der Waals surface area (Å²) in [5.74, 6) is -0.0441. The van der Waals surface area contributed by atoms with Crippen molar-refractivity contribution in [3.05, 3.63) is 23.3 Å². The quantitative estimate of drug-likeness (QED) is 0.527. The van der Waals surface area contributed by atoms with Gasteiger partial charge in [0.05, 0.1) is 0 Å². The van der Waals surface area contributed by atoms with Crippen molar-refractivity contribution in [1.29, 1.82) is 0 Å². The van der Waals surface area contributed by atoms with Crippen LogP contribution in [0.4, 0.5) is 0 Å². The van der Waals surface area contributed by atoms with Gasteiger partial charge < -0.3 is 4.84 Å². The Balaban J connectivity index is 3.37. The molecule has 0 saturated carbocycles. The fraction of sp³-hybridized carbons (Fsp3) is 0.600. The second-order valence-electron chi connectivity index (χ2n) is 6.65. The summed E-state index contributed by atoms with van der Waals surface area (Å²) in [7, 11) is 1.46. The standard InChI is InChI=1S/C15H23NO2/c1-14(2,3)10-8-11(15(4,5)6)13(17)12(9-10)16-18-7/h8-9H,1-7H3. The van der Waals surface area contributed by atoms with Crippen molar-refractivity contribution in [1.82, 2.24) is 0 Å². The third-order valence-electron chi connectivity index (χ3n) is 2.93. The smallest absolute Gasteiger partial charge is 0.211 e. The lowest BCUT2D eigenvalue weighted by Crippen LogP contribution is -2.29. The highest BCUT2D eigenvalue weighted by molar-refractivity contribution is 6.50. The van der Waals surface area contributed by atoms with Crippen molar-refractivity contribution >= 4 is 11.5 Å². The maximum atomic E-state index is 12.3. The van der Waals surface area contributed by atoms with Crippen molar-refractivity contribution in [2.24, 2.45) is 16.0 Å². The van der Waals surface area contributed by atoms with Gasteiger partial charge in [0.15, 0.2) is 5.71 Å². The molecule has 1 rings (SSSR count). The van der Waals surface area contributed by atoms with Crippen LogP contribution in [-0.2, 0) is 9.63 Å². The topological polar surface area (TPSA) is 38.7 Å². The minimum atomic E-state index is -0.198. The average Bonchev–Trinajstić information content (AvgIpc) is 2.17. The summed E-state index contributed by atoms with van der Waals surface area (Å²) in [5, 5.41) is 3.84. The molecule has 0 radical (unpaired) electrons. The molecule has 0 heterocycles. The van der Waals surface area contributed by atoms with Crippen LogP contribution in [0.2, 0.25) is 0 Å². The number of oxime groups is 1. The molecule has 0 N–H and O–H groups in total. The molecule has 0 aliphatic heterocycles. The van der Waals surface area contributed by atoms with Crippen molar-refractivity contribution < 1.29 is 9.63 Å². The Morgan fingerprint density at radius 1 is 1.00 bits per heavy atom. The Hall–Kier alpha value is -1.38. The van der Waals surface area contributed by atoms with Crippen LogP contribution in [0.25, 0.3) is 0 Å². The molecule has 0 atom stereocenters. The Bertz CT molecular complexity index is 440. The van der Waals surface area contributed by atoms with E-state index in [9.17, 15) is 4.79 Å². The normalized spacial score (nSPS) is 19.7. The van der Waals surface area contributed by atoms with Crippen LogP contribution >= 0.6 is 0 Å². The molecule has 0 fully saturated rings. The minimum absolute atomic E-state index is 0.0221. The largest absolute Gasteiger partial charge is 0.399 e. The molecule has 0 saturated heterocycles. The molecular weight excluding hydrogens is 226 g/mol. The average molecular weight is 249 g/mol. The minimum Gasteiger partial charge on any atom is -0.399 e. The van der Waals surface area contributed by atoms with E-state index in [4.69, 9.17) is 4.84 Å². The first-order valence-corrected chi connectivity index (χ1v) is 6.17. The van der Waals surface area contributed by atoms with E-state index in [0.717, 1.165) is 11.1 Å². The Kier molecular flexibility index (Phi) is 3.84. The summed E-state index contributed by atoms with van der Waals surface area (Å²) in [6.07, 6.45) is 3.82. The molecule has 0 aromatic heterocycles. The number of allylic oxidation sites excluding steroid dienone is 4. The lowest BCUT2D eigenvalue weighted by atomic mass is 9.74. The molecule has 0 aromatic rings. The zero-order chi connectivity index (χ0) is 14.1. The molecule has 0 spiro atoms. The van der Waals surface area contributed by atoms with Crippen LogP contribution in [-0.4, -0.2) is 18.6 Å². The molecule has 100 valence electrons. The van der Waals surface area contributed by atoms with E-state index in [1.807, 2.05) is 32.9 Å². The highest BCUT2D eigenvalue weighted by Gasteiger charge is 2.32. The molecule has 0 amide bonds. The van der Waals surface area contributed by atoms with Crippen LogP contribution in [0, 0.1) is 10.8 Å². The van der Waals surface area contributed by atoms with E-state index in [1.54, 1.807) is 0 Å². The van der Waals surface area contributed by atoms with Crippen molar-refractivity contribution in [2.75, 3.05) is 7.11 Å². The van der Waals surface area contributed by atoms with Gasteiger partial charge in [-0.3, -0.25) is 4.79 Å². The van der Waals surface area contributed by atoms with E-state index in [1.165, 1.54) is 7.11 Å². The van der Waals surface area contributed by atoms with Gasteiger partial charge >= 0.3 is 0 Å². The first-order chi connectivity index (χ1) is 8.07. The summed E-state index contributed by atoms with van der Waals surface area (Å²) in [5.41, 5.74) is 2.05. The zero-order valence-electron chi connectivity index (χ0n) is 12.4. The second-order valence-corrected chi connectivity index (χ2v) is 6.65. The molecular formula is C15H23NO2. The second kappa shape index (κ2) is 4.71. The first-order valence-electron chi connectivity index (χ1n) is 6.17. The molecule has 3 heteroatoms. The van der Waals surface area contributed by atoms with Gasteiger partial charge in [-0.2, -0.15) is 0 Å². The summed E-state index contributed by atoms with van der Waals surface area (Å²) in [6, 6.07) is 0. The number of Topliss-reactive ketones (excluding diaryl/α,β-unsaturated/α-hetero) is 1. The summed E-state index contributed by atoms with van der Waals surface area (Å²) < 4.78 is 0. The van der Waals surface area contributed by atoms with E-state index >= 15 is 0 Å². The van der Waals surface area contributed by atoms with Crippen LogP contribution in [0.5, 0.6) is 0 Å². The van der Waals surface area contributed by atoms with Crippen molar-refractivity contribution in [2.45, 2.75) is 41.5 Å². The van der Waals surface area contributed by atoms with Crippen molar-refractivity contribution in [3.8, 4) is 0 Å². The van der Waals surface area contributed by atoms with Crippen molar-refractivity contribution in [3.63, 3.8) is 0 Å². The predicted octanol–water partition coefficient (Wildman–Crippen LogP) is 3.52. The van der Waals surface area contributed by atoms with Gasteiger partial charge in [0, 0.05) is 5.57 Å². The predicted molar refractivity (Wildman–Crippen MR) is 74.5 cm³/mol. The van der Waals surface area contributed by atoms with Gasteiger partial charge in [-0.1, -0.05) is 52.8 Å². The summed E-state index contributed by atoms with van der Waals surface area (Å²) >= 11 is 0. The zero-order valence-corrected chi connectivity index (χ0v) is 12.4. The van der Waals surface area contributed by atoms with Crippen LogP contribution in [0.15, 0.2) is 28.5 Å². The number of hydrogen-bond acceptors (Lipinski definition) is 3. The summed E-state index contributed by atoms with van der Waals surface area (Å²) in [6.45, 7) is 12.5. The Morgan fingerprint density at radius 2 is 1.56 bits per heavy atom. The lowest BCUT2D eigenvalue weighted by molar-refractivity contribution is -0.110. The number of rotatable bonds is 1. The molecule has 3 nitrogen and oxygen atoms in total. The van der Waals surface area contributed by atoms with E-state index in [2.05, 4.69) is 25.9 Å². The van der Waals surface area contributed by atoms with E-state index in [0.29, 0.717) is 5.71 Å². The fourth-order valence-corrected chi connectivity index (χ4v) is 1.77. The monoisotopic (exact) mass is 249 g/mol. The molecule has 0 bridgehead atoms. The van der Waals surface area contributed by atoms with E-state index in [-0.39, 0.29) is 16.6 Å². The number of nitrogens with zero attached hydrogens (tertiary/aromatic N) is 1. The van der Waals surface area contributed by atoms with E-state index < -0.39 is 0 Å². The maximum absolute atomic E-state index is 12.3. The maximum Gasteiger partial charge on any atom is 0.211 e. The van der Waals surface area contributed by atoms with Crippen LogP contribution < -0.4 is 0 Å². The highest BCUT2D eigenvalue weighted by atomic mass is 16.6. The number of ketones is 1. The number of carbonyl (C=O) groups is 1. The highest BCUT2D eigenvalue weighted by Crippen LogP contribution is 2.36. The third kappa shape index (κ3) is 3.09. The molecule has 0 aromatic carbocycles. The molecule has 1 aliphatic carbocycles. The van der Waals surface area contributed by atoms with Gasteiger partial charge in [-0.25, -0.2) is 0 Å². The summed E-state index contributed by atoms with van der Waals surface area (Å²) in [4.78, 5) is 17.1. The number of carbonyl (C=O) groups excluding carboxylic acids is 1. The van der Waals surface area contributed by atoms with Gasteiger partial charge in [-0.15, -0.1) is 0 Å². The van der Waals surface area contributed by atoms with Gasteiger partial charge in [-0.05, 0) is 22.5 Å². The molecule has 0 unspecified atom stereocenters. The van der Waals surface area contributed by atoms with Gasteiger partial charge in [0.25, 0.3) is 0 Å². The Morgan fingerprint density at radius 3 is 1.94 bits per heavy atom. The SMILES string of the molecule is CON=C1C=C(C(C)(C)C)C=C(C(C)(C)C)C1=O. The van der Waals surface area contributed by atoms with Crippen LogP contribution in [0.3, 0.4) is 0 Å². The Labute approximate surface area is 110 Å². The van der Waals surface area contributed by atoms with Crippen LogP contribution in [0.1, 0.15) is 41.5 Å². The van der Waals surface area contributed by atoms with Gasteiger partial charge in [0.2, 0.25) is 5.78 Å². The molecule has 18 heavy (non-hydrogen) atoms. The number of hydrogen-bond donors (Lipinski definition) is 0. The lowest BCUT2D eigenvalue weighted by Gasteiger charge is -2.29. The first kappa shape index (κ1) is 14.7. The molecule has 1 aliphatic rings. The fourth-order valence-electron chi connectivity index (χ4n) is 1.77. The van der Waals surface area contributed by atoms with Gasteiger partial charge in [0.1, 0.15) is 7.11 Å². The third-order valence-corrected chi connectivity index (χ3v) is 2.93.